The fraction of sp³-hybridized carbons (Fsp3) is 0.889. The molecule has 0 saturated carbocycles. The lowest BCUT2D eigenvalue weighted by Crippen LogP contribution is -2.29. The number of hydrogen-bond acceptors (Lipinski definition) is 9. The summed E-state index contributed by atoms with van der Waals surface area (Å²) in [6.07, 6.45) is 27.8. The normalized spacial score (nSPS) is 14.2. The largest absolute Gasteiger partial charge is 0.472 e. The maximum absolute atomic E-state index is 12.5. The molecule has 0 spiro atoms. The van der Waals surface area contributed by atoms with Gasteiger partial charge in [0.15, 0.2) is 6.10 Å². The Balaban J connectivity index is 4.29. The van der Waals surface area contributed by atoms with Crippen LogP contribution < -0.4 is 0 Å². The molecule has 47 heavy (non-hydrogen) atoms. The van der Waals surface area contributed by atoms with Gasteiger partial charge < -0.3 is 24.6 Å². The van der Waals surface area contributed by atoms with Crippen molar-refractivity contribution in [1.82, 2.24) is 0 Å². The first-order valence-corrected chi connectivity index (χ1v) is 20.1. The van der Waals surface area contributed by atoms with Gasteiger partial charge in [0, 0.05) is 12.8 Å². The second-order valence-electron chi connectivity index (χ2n) is 12.6. The molecule has 0 aliphatic rings. The molecule has 0 aromatic rings. The van der Waals surface area contributed by atoms with Gasteiger partial charge in [-0.2, -0.15) is 0 Å². The minimum atomic E-state index is -4.60. The molecule has 0 aromatic carbocycles. The third kappa shape index (κ3) is 33.0. The van der Waals surface area contributed by atoms with E-state index >= 15 is 0 Å². The quantitative estimate of drug-likeness (QED) is 0.0254. The Morgan fingerprint density at radius 2 is 1.04 bits per heavy atom. The van der Waals surface area contributed by atoms with E-state index in [2.05, 4.69) is 30.5 Å². The first-order chi connectivity index (χ1) is 22.7. The molecule has 3 N–H and O–H groups in total. The van der Waals surface area contributed by atoms with Crippen LogP contribution in [0.2, 0.25) is 0 Å². The molecule has 10 nitrogen and oxygen atoms in total. The van der Waals surface area contributed by atoms with Gasteiger partial charge in [-0.05, 0) is 38.5 Å². The van der Waals surface area contributed by atoms with Gasteiger partial charge in [0.2, 0.25) is 0 Å². The highest BCUT2D eigenvalue weighted by molar-refractivity contribution is 7.47. The Labute approximate surface area is 286 Å². The summed E-state index contributed by atoms with van der Waals surface area (Å²) < 4.78 is 32.4. The summed E-state index contributed by atoms with van der Waals surface area (Å²) in [4.78, 5) is 34.6. The Morgan fingerprint density at radius 1 is 0.617 bits per heavy atom. The van der Waals surface area contributed by atoms with Crippen LogP contribution in [0, 0.1) is 0 Å². The predicted molar refractivity (Wildman–Crippen MR) is 187 cm³/mol. The van der Waals surface area contributed by atoms with E-state index in [4.69, 9.17) is 19.1 Å². The number of aliphatic hydroxyl groups excluding tert-OH is 2. The van der Waals surface area contributed by atoms with Crippen LogP contribution in [-0.2, 0) is 32.7 Å². The number of hydrogen-bond donors (Lipinski definition) is 3. The standard InChI is InChI=1S/C36H69O10P/c1-3-5-7-9-11-12-13-14-15-16-17-18-19-20-22-24-26-28-36(40)46-34(32-45-47(41,42)44-30-33(38)29-37)31-43-35(39)27-25-23-21-10-8-6-4-2/h14-15,33-34,37-38H,3-13,16-32H2,1-2H3,(H,41,42)/b15-14+/t33-,34+/m0/s1. The second-order valence-corrected chi connectivity index (χ2v) is 14.1. The van der Waals surface area contributed by atoms with E-state index in [1.165, 1.54) is 83.5 Å². The first-order valence-electron chi connectivity index (χ1n) is 18.6. The number of carbonyl (C=O) groups is 2. The van der Waals surface area contributed by atoms with Gasteiger partial charge in [-0.3, -0.25) is 18.6 Å². The van der Waals surface area contributed by atoms with Crippen LogP contribution in [0.3, 0.4) is 0 Å². The molecule has 0 aliphatic carbocycles. The average molecular weight is 693 g/mol. The second kappa shape index (κ2) is 33.2. The molecule has 0 radical (unpaired) electrons. The third-order valence-corrected chi connectivity index (χ3v) is 8.87. The van der Waals surface area contributed by atoms with Crippen molar-refractivity contribution in [3.8, 4) is 0 Å². The van der Waals surface area contributed by atoms with E-state index in [0.29, 0.717) is 12.8 Å². The number of phosphoric ester groups is 1. The van der Waals surface area contributed by atoms with Gasteiger partial charge in [0.25, 0.3) is 0 Å². The summed E-state index contributed by atoms with van der Waals surface area (Å²) in [5.41, 5.74) is 0. The SMILES string of the molecule is CCCCCCCC/C=C/CCCCCCCCCC(=O)O[C@H](COC(=O)CCCCCCCCC)COP(=O)(O)OC[C@@H](O)CO. The van der Waals surface area contributed by atoms with Crippen molar-refractivity contribution in [2.75, 3.05) is 26.4 Å². The molecule has 3 atom stereocenters. The lowest BCUT2D eigenvalue weighted by atomic mass is 10.1. The fourth-order valence-electron chi connectivity index (χ4n) is 4.99. The fourth-order valence-corrected chi connectivity index (χ4v) is 5.78. The first kappa shape index (κ1) is 45.7. The van der Waals surface area contributed by atoms with Gasteiger partial charge in [0.05, 0.1) is 19.8 Å². The number of ether oxygens (including phenoxy) is 2. The Kier molecular flexibility index (Phi) is 32.3. The highest BCUT2D eigenvalue weighted by Gasteiger charge is 2.27. The van der Waals surface area contributed by atoms with E-state index in [1.807, 2.05) is 0 Å². The Hall–Kier alpha value is -1.29. The topological polar surface area (TPSA) is 149 Å². The van der Waals surface area contributed by atoms with E-state index in [1.54, 1.807) is 0 Å². The van der Waals surface area contributed by atoms with E-state index < -0.39 is 51.8 Å². The van der Waals surface area contributed by atoms with Crippen molar-refractivity contribution in [2.45, 2.75) is 180 Å². The van der Waals surface area contributed by atoms with Crippen LogP contribution in [0.5, 0.6) is 0 Å². The summed E-state index contributed by atoms with van der Waals surface area (Å²) >= 11 is 0. The Bertz CT molecular complexity index is 807. The van der Waals surface area contributed by atoms with Crippen LogP contribution in [0.15, 0.2) is 12.2 Å². The molecule has 0 aliphatic heterocycles. The maximum Gasteiger partial charge on any atom is 0.472 e. The molecule has 0 aromatic heterocycles. The molecular formula is C36H69O10P. The predicted octanol–water partition coefficient (Wildman–Crippen LogP) is 8.89. The monoisotopic (exact) mass is 692 g/mol. The Morgan fingerprint density at radius 3 is 1.53 bits per heavy atom. The van der Waals surface area contributed by atoms with Crippen molar-refractivity contribution >= 4 is 19.8 Å². The van der Waals surface area contributed by atoms with Crippen molar-refractivity contribution in [3.63, 3.8) is 0 Å². The lowest BCUT2D eigenvalue weighted by molar-refractivity contribution is -0.161. The lowest BCUT2D eigenvalue weighted by Gasteiger charge is -2.20. The molecule has 0 amide bonds. The van der Waals surface area contributed by atoms with Gasteiger partial charge in [-0.1, -0.05) is 129 Å². The summed E-state index contributed by atoms with van der Waals surface area (Å²) in [5.74, 6) is -0.933. The maximum atomic E-state index is 12.5. The highest BCUT2D eigenvalue weighted by Crippen LogP contribution is 2.43. The van der Waals surface area contributed by atoms with Crippen LogP contribution in [0.25, 0.3) is 0 Å². The highest BCUT2D eigenvalue weighted by atomic mass is 31.2. The summed E-state index contributed by atoms with van der Waals surface area (Å²) in [7, 11) is -4.60. The number of phosphoric acid groups is 1. The summed E-state index contributed by atoms with van der Waals surface area (Å²) in [6.45, 7) is 2.31. The number of esters is 2. The van der Waals surface area contributed by atoms with Gasteiger partial charge in [-0.15, -0.1) is 0 Å². The van der Waals surface area contributed by atoms with E-state index in [0.717, 1.165) is 44.9 Å². The van der Waals surface area contributed by atoms with Crippen LogP contribution >= 0.6 is 7.82 Å². The molecule has 11 heteroatoms. The van der Waals surface area contributed by atoms with Gasteiger partial charge >= 0.3 is 19.8 Å². The zero-order chi connectivity index (χ0) is 34.9. The molecule has 0 saturated heterocycles. The van der Waals surface area contributed by atoms with Crippen molar-refractivity contribution in [1.29, 1.82) is 0 Å². The van der Waals surface area contributed by atoms with Crippen molar-refractivity contribution in [2.24, 2.45) is 0 Å². The molecule has 0 bridgehead atoms. The minimum Gasteiger partial charge on any atom is -0.462 e. The van der Waals surface area contributed by atoms with Gasteiger partial charge in [0.1, 0.15) is 12.7 Å². The number of allylic oxidation sites excluding steroid dienone is 2. The molecule has 0 rings (SSSR count). The average Bonchev–Trinajstić information content (AvgIpc) is 3.05. The number of rotatable bonds is 35. The molecule has 0 heterocycles. The number of aliphatic hydroxyl groups is 2. The zero-order valence-corrected chi connectivity index (χ0v) is 30.6. The van der Waals surface area contributed by atoms with Crippen LogP contribution in [0.1, 0.15) is 168 Å². The van der Waals surface area contributed by atoms with Crippen LogP contribution in [-0.4, -0.2) is 65.7 Å². The third-order valence-electron chi connectivity index (χ3n) is 7.92. The van der Waals surface area contributed by atoms with Crippen molar-refractivity contribution in [3.05, 3.63) is 12.2 Å². The van der Waals surface area contributed by atoms with Crippen LogP contribution in [0.4, 0.5) is 0 Å². The number of carbonyl (C=O) groups excluding carboxylic acids is 2. The molecule has 278 valence electrons. The molecular weight excluding hydrogens is 623 g/mol. The smallest absolute Gasteiger partial charge is 0.462 e. The molecule has 0 fully saturated rings. The van der Waals surface area contributed by atoms with Gasteiger partial charge in [-0.25, -0.2) is 4.57 Å². The summed E-state index contributed by atoms with van der Waals surface area (Å²) in [5, 5.41) is 18.2. The molecule has 1 unspecified atom stereocenters. The summed E-state index contributed by atoms with van der Waals surface area (Å²) in [6, 6.07) is 0. The minimum absolute atomic E-state index is 0.182. The van der Waals surface area contributed by atoms with Crippen molar-refractivity contribution < 1.29 is 47.8 Å². The number of unbranched alkanes of at least 4 members (excludes halogenated alkanes) is 19. The van der Waals surface area contributed by atoms with E-state index in [9.17, 15) is 24.2 Å². The van der Waals surface area contributed by atoms with E-state index in [-0.39, 0.29) is 19.4 Å². The zero-order valence-electron chi connectivity index (χ0n) is 29.8.